The summed E-state index contributed by atoms with van der Waals surface area (Å²) in [6.45, 7) is 1.73. The van der Waals surface area contributed by atoms with E-state index >= 15 is 0 Å². The average Bonchev–Trinajstić information content (AvgIpc) is 2.82. The molecule has 1 aliphatic rings. The Labute approximate surface area is 111 Å². The highest BCUT2D eigenvalue weighted by atomic mass is 35.5. The summed E-state index contributed by atoms with van der Waals surface area (Å²) >= 11 is 5.52. The molecule has 0 spiro atoms. The number of hydrogen-bond donors (Lipinski definition) is 3. The van der Waals surface area contributed by atoms with Gasteiger partial charge in [0.1, 0.15) is 0 Å². The van der Waals surface area contributed by atoms with Gasteiger partial charge in [-0.05, 0) is 18.2 Å². The monoisotopic (exact) mass is 269 g/mol. The van der Waals surface area contributed by atoms with Crippen LogP contribution in [0.25, 0.3) is 0 Å². The van der Waals surface area contributed by atoms with Crippen LogP contribution in [0, 0.1) is 0 Å². The number of carbonyl (C=O) groups excluding carboxylic acids is 1. The smallest absolute Gasteiger partial charge is 0.321 e. The van der Waals surface area contributed by atoms with Crippen LogP contribution in [0.15, 0.2) is 24.3 Å². The molecule has 1 saturated heterocycles. The number of nitrogens with zero attached hydrogens (tertiary/aromatic N) is 1. The summed E-state index contributed by atoms with van der Waals surface area (Å²) in [5.74, 6) is 0.196. The van der Waals surface area contributed by atoms with Gasteiger partial charge in [0, 0.05) is 31.0 Å². The van der Waals surface area contributed by atoms with Crippen molar-refractivity contribution < 1.29 is 9.90 Å². The van der Waals surface area contributed by atoms with Crippen molar-refractivity contribution >= 4 is 29.0 Å². The molecule has 1 aromatic carbocycles. The molecule has 0 radical (unpaired) electrons. The number of alkyl halides is 1. The van der Waals surface area contributed by atoms with Gasteiger partial charge in [0.2, 0.25) is 0 Å². The van der Waals surface area contributed by atoms with Crippen molar-refractivity contribution in [2.24, 2.45) is 0 Å². The lowest BCUT2D eigenvalue weighted by atomic mass is 10.2. The Morgan fingerprint density at radius 1 is 1.56 bits per heavy atom. The van der Waals surface area contributed by atoms with Gasteiger partial charge < -0.3 is 15.7 Å². The molecule has 18 heavy (non-hydrogen) atoms. The Bertz CT molecular complexity index is 428. The molecule has 0 aromatic heterocycles. The third-order valence-corrected chi connectivity index (χ3v) is 3.09. The SMILES string of the molecule is O=C1NCCN1c1cccc(NCC(O)CCl)c1. The van der Waals surface area contributed by atoms with Crippen LogP contribution >= 0.6 is 11.6 Å². The number of nitrogens with one attached hydrogen (secondary N) is 2. The molecule has 5 nitrogen and oxygen atoms in total. The number of aliphatic hydroxyl groups excluding tert-OH is 1. The molecule has 1 aromatic rings. The van der Waals surface area contributed by atoms with Crippen LogP contribution in [0.1, 0.15) is 0 Å². The zero-order chi connectivity index (χ0) is 13.0. The Balaban J connectivity index is 2.03. The second kappa shape index (κ2) is 5.93. The third-order valence-electron chi connectivity index (χ3n) is 2.73. The summed E-state index contributed by atoms with van der Waals surface area (Å²) in [5, 5.41) is 15.2. The van der Waals surface area contributed by atoms with Crippen molar-refractivity contribution in [3.8, 4) is 0 Å². The van der Waals surface area contributed by atoms with Crippen LogP contribution in [0.3, 0.4) is 0 Å². The van der Waals surface area contributed by atoms with E-state index in [9.17, 15) is 9.90 Å². The first kappa shape index (κ1) is 13.0. The van der Waals surface area contributed by atoms with E-state index in [0.29, 0.717) is 19.6 Å². The lowest BCUT2D eigenvalue weighted by Crippen LogP contribution is -2.27. The fraction of sp³-hybridized carbons (Fsp3) is 0.417. The molecular formula is C12H16ClN3O2. The van der Waals surface area contributed by atoms with E-state index in [1.807, 2.05) is 24.3 Å². The van der Waals surface area contributed by atoms with E-state index in [-0.39, 0.29) is 11.9 Å². The van der Waals surface area contributed by atoms with Crippen molar-refractivity contribution in [2.45, 2.75) is 6.10 Å². The fourth-order valence-corrected chi connectivity index (χ4v) is 1.90. The fourth-order valence-electron chi connectivity index (χ4n) is 1.79. The Kier molecular flexibility index (Phi) is 4.28. The van der Waals surface area contributed by atoms with Crippen LogP contribution < -0.4 is 15.5 Å². The molecule has 98 valence electrons. The number of urea groups is 1. The van der Waals surface area contributed by atoms with E-state index in [2.05, 4.69) is 10.6 Å². The van der Waals surface area contributed by atoms with Gasteiger partial charge in [-0.25, -0.2) is 4.79 Å². The molecule has 2 amide bonds. The zero-order valence-electron chi connectivity index (χ0n) is 9.90. The second-order valence-corrected chi connectivity index (χ2v) is 4.43. The molecule has 1 aliphatic heterocycles. The Morgan fingerprint density at radius 2 is 2.39 bits per heavy atom. The van der Waals surface area contributed by atoms with Crippen LogP contribution in [0.5, 0.6) is 0 Å². The number of rotatable bonds is 5. The molecule has 0 bridgehead atoms. The third kappa shape index (κ3) is 3.05. The van der Waals surface area contributed by atoms with Gasteiger partial charge in [0.15, 0.2) is 0 Å². The van der Waals surface area contributed by atoms with Gasteiger partial charge in [0.05, 0.1) is 12.0 Å². The molecule has 3 N–H and O–H groups in total. The minimum Gasteiger partial charge on any atom is -0.390 e. The molecule has 1 atom stereocenters. The number of carbonyl (C=O) groups is 1. The van der Waals surface area contributed by atoms with Crippen molar-refractivity contribution in [1.29, 1.82) is 0 Å². The van der Waals surface area contributed by atoms with E-state index in [1.165, 1.54) is 0 Å². The lowest BCUT2D eigenvalue weighted by Gasteiger charge is -2.16. The second-order valence-electron chi connectivity index (χ2n) is 4.12. The summed E-state index contributed by atoms with van der Waals surface area (Å²) in [6.07, 6.45) is -0.578. The van der Waals surface area contributed by atoms with Crippen molar-refractivity contribution in [1.82, 2.24) is 5.32 Å². The molecule has 1 fully saturated rings. The maximum atomic E-state index is 11.5. The molecule has 1 unspecified atom stereocenters. The van der Waals surface area contributed by atoms with Crippen LogP contribution in [-0.2, 0) is 0 Å². The van der Waals surface area contributed by atoms with E-state index < -0.39 is 6.10 Å². The van der Waals surface area contributed by atoms with Crippen molar-refractivity contribution in [3.63, 3.8) is 0 Å². The lowest BCUT2D eigenvalue weighted by molar-refractivity contribution is 0.211. The molecule has 2 rings (SSSR count). The van der Waals surface area contributed by atoms with Crippen LogP contribution in [0.2, 0.25) is 0 Å². The first-order valence-electron chi connectivity index (χ1n) is 5.84. The van der Waals surface area contributed by atoms with Gasteiger partial charge in [-0.3, -0.25) is 4.90 Å². The maximum absolute atomic E-state index is 11.5. The minimum atomic E-state index is -0.578. The summed E-state index contributed by atoms with van der Waals surface area (Å²) in [4.78, 5) is 13.2. The summed E-state index contributed by atoms with van der Waals surface area (Å²) in [6, 6.07) is 7.45. The average molecular weight is 270 g/mol. The normalized spacial score (nSPS) is 16.6. The number of halogens is 1. The minimum absolute atomic E-state index is 0.0760. The highest BCUT2D eigenvalue weighted by Crippen LogP contribution is 2.20. The summed E-state index contributed by atoms with van der Waals surface area (Å²) in [5.41, 5.74) is 1.70. The Morgan fingerprint density at radius 3 is 3.06 bits per heavy atom. The predicted octanol–water partition coefficient (Wildman–Crippen LogP) is 1.23. The van der Waals surface area contributed by atoms with E-state index in [4.69, 9.17) is 11.6 Å². The molecule has 6 heteroatoms. The van der Waals surface area contributed by atoms with E-state index in [0.717, 1.165) is 11.4 Å². The molecule has 0 saturated carbocycles. The van der Waals surface area contributed by atoms with Crippen LogP contribution in [-0.4, -0.2) is 42.8 Å². The first-order chi connectivity index (χ1) is 8.70. The van der Waals surface area contributed by atoms with Crippen molar-refractivity contribution in [3.05, 3.63) is 24.3 Å². The quantitative estimate of drug-likeness (QED) is 0.705. The standard InChI is InChI=1S/C12H16ClN3O2/c13-7-11(17)8-15-9-2-1-3-10(6-9)16-5-4-14-12(16)18/h1-3,6,11,15,17H,4-5,7-8H2,(H,14,18). The number of benzene rings is 1. The number of aliphatic hydroxyl groups is 1. The zero-order valence-corrected chi connectivity index (χ0v) is 10.7. The maximum Gasteiger partial charge on any atom is 0.321 e. The van der Waals surface area contributed by atoms with Crippen LogP contribution in [0.4, 0.5) is 16.2 Å². The number of hydrogen-bond acceptors (Lipinski definition) is 3. The predicted molar refractivity (Wildman–Crippen MR) is 72.4 cm³/mol. The summed E-state index contributed by atoms with van der Waals surface area (Å²) in [7, 11) is 0. The van der Waals surface area contributed by atoms with Gasteiger partial charge >= 0.3 is 6.03 Å². The highest BCUT2D eigenvalue weighted by Gasteiger charge is 2.20. The van der Waals surface area contributed by atoms with Gasteiger partial charge in [-0.15, -0.1) is 11.6 Å². The largest absolute Gasteiger partial charge is 0.390 e. The molecule has 0 aliphatic carbocycles. The van der Waals surface area contributed by atoms with E-state index in [1.54, 1.807) is 4.90 Å². The molecule has 1 heterocycles. The van der Waals surface area contributed by atoms with Gasteiger partial charge in [0.25, 0.3) is 0 Å². The topological polar surface area (TPSA) is 64.6 Å². The number of amides is 2. The molecular weight excluding hydrogens is 254 g/mol. The highest BCUT2D eigenvalue weighted by molar-refractivity contribution is 6.18. The van der Waals surface area contributed by atoms with Crippen molar-refractivity contribution in [2.75, 3.05) is 35.7 Å². The summed E-state index contributed by atoms with van der Waals surface area (Å²) < 4.78 is 0. The van der Waals surface area contributed by atoms with Gasteiger partial charge in [-0.1, -0.05) is 6.07 Å². The van der Waals surface area contributed by atoms with Gasteiger partial charge in [-0.2, -0.15) is 0 Å². The first-order valence-corrected chi connectivity index (χ1v) is 6.37. The Hall–Kier alpha value is -1.46. The number of anilines is 2.